The van der Waals surface area contributed by atoms with Crippen molar-refractivity contribution in [3.63, 3.8) is 0 Å². The van der Waals surface area contributed by atoms with Crippen LogP contribution in [0.2, 0.25) is 0 Å². The summed E-state index contributed by atoms with van der Waals surface area (Å²) >= 11 is 0. The maximum Gasteiger partial charge on any atom is 0.315 e. The summed E-state index contributed by atoms with van der Waals surface area (Å²) in [7, 11) is 0. The van der Waals surface area contributed by atoms with Gasteiger partial charge in [-0.2, -0.15) is 5.10 Å². The summed E-state index contributed by atoms with van der Waals surface area (Å²) in [4.78, 5) is 12.3. The highest BCUT2D eigenvalue weighted by Crippen LogP contribution is 2.52. The van der Waals surface area contributed by atoms with E-state index in [-0.39, 0.29) is 23.6 Å². The Labute approximate surface area is 147 Å². The third-order valence-electron chi connectivity index (χ3n) is 5.50. The highest BCUT2D eigenvalue weighted by Gasteiger charge is 2.59. The van der Waals surface area contributed by atoms with E-state index in [0.717, 1.165) is 24.3 Å². The molecule has 2 aromatic rings. The van der Waals surface area contributed by atoms with E-state index in [9.17, 15) is 4.79 Å². The zero-order valence-corrected chi connectivity index (χ0v) is 14.6. The van der Waals surface area contributed by atoms with E-state index in [1.165, 1.54) is 0 Å². The van der Waals surface area contributed by atoms with Gasteiger partial charge in [0, 0.05) is 42.3 Å². The van der Waals surface area contributed by atoms with Crippen LogP contribution in [0.1, 0.15) is 25.8 Å². The molecule has 2 amide bonds. The van der Waals surface area contributed by atoms with Gasteiger partial charge in [-0.3, -0.25) is 0 Å². The monoisotopic (exact) mass is 340 g/mol. The maximum absolute atomic E-state index is 12.3. The number of benzene rings is 1. The van der Waals surface area contributed by atoms with E-state index < -0.39 is 0 Å². The van der Waals surface area contributed by atoms with Gasteiger partial charge in [0.2, 0.25) is 0 Å². The molecule has 3 atom stereocenters. The number of nitrogens with one attached hydrogen (secondary N) is 2. The molecule has 1 aliphatic heterocycles. The van der Waals surface area contributed by atoms with Crippen LogP contribution < -0.4 is 10.6 Å². The van der Waals surface area contributed by atoms with Gasteiger partial charge in [-0.15, -0.1) is 0 Å². The lowest BCUT2D eigenvalue weighted by atomic mass is 9.57. The number of nitrogens with zero attached hydrogens (tertiary/aromatic N) is 2. The fourth-order valence-corrected chi connectivity index (χ4v) is 4.17. The molecular formula is C19H24N4O2. The molecule has 1 aromatic carbocycles. The van der Waals surface area contributed by atoms with Crippen LogP contribution in [0.15, 0.2) is 42.7 Å². The number of hydrogen-bond acceptors (Lipinski definition) is 3. The lowest BCUT2D eigenvalue weighted by molar-refractivity contribution is -0.108. The first-order valence-electron chi connectivity index (χ1n) is 8.80. The van der Waals surface area contributed by atoms with Crippen LogP contribution in [0.5, 0.6) is 0 Å². The van der Waals surface area contributed by atoms with Crippen LogP contribution in [-0.4, -0.2) is 34.6 Å². The van der Waals surface area contributed by atoms with Crippen LogP contribution >= 0.6 is 0 Å². The molecule has 0 radical (unpaired) electrons. The molecule has 132 valence electrons. The number of rotatable bonds is 4. The Morgan fingerprint density at radius 2 is 2.16 bits per heavy atom. The predicted octanol–water partition coefficient (Wildman–Crippen LogP) is 2.49. The summed E-state index contributed by atoms with van der Waals surface area (Å²) in [5.41, 5.74) is 1.96. The number of amides is 2. The quantitative estimate of drug-likeness (QED) is 0.898. The number of aromatic nitrogens is 2. The molecule has 2 aliphatic rings. The van der Waals surface area contributed by atoms with Crippen molar-refractivity contribution in [3.05, 3.63) is 48.3 Å². The average Bonchev–Trinajstić information content (AvgIpc) is 3.27. The molecule has 6 nitrogen and oxygen atoms in total. The Bertz CT molecular complexity index is 756. The topological polar surface area (TPSA) is 68.2 Å². The molecule has 25 heavy (non-hydrogen) atoms. The molecule has 0 spiro atoms. The second-order valence-electron chi connectivity index (χ2n) is 7.50. The molecule has 2 fully saturated rings. The number of hydrogen-bond donors (Lipinski definition) is 2. The van der Waals surface area contributed by atoms with Crippen molar-refractivity contribution in [2.45, 2.75) is 39.0 Å². The Kier molecular flexibility index (Phi) is 4.00. The molecule has 0 bridgehead atoms. The summed E-state index contributed by atoms with van der Waals surface area (Å²) in [6, 6.07) is 9.96. The zero-order valence-electron chi connectivity index (χ0n) is 14.6. The third-order valence-corrected chi connectivity index (χ3v) is 5.50. The van der Waals surface area contributed by atoms with Crippen LogP contribution in [0.3, 0.4) is 0 Å². The molecule has 1 saturated heterocycles. The van der Waals surface area contributed by atoms with Gasteiger partial charge in [-0.05, 0) is 18.6 Å². The van der Waals surface area contributed by atoms with Crippen LogP contribution in [0.25, 0.3) is 5.69 Å². The first-order valence-corrected chi connectivity index (χ1v) is 8.80. The molecule has 2 N–H and O–H groups in total. The highest BCUT2D eigenvalue weighted by atomic mass is 16.5. The summed E-state index contributed by atoms with van der Waals surface area (Å²) in [6.07, 6.45) is 5.02. The van der Waals surface area contributed by atoms with Gasteiger partial charge in [-0.1, -0.05) is 32.0 Å². The van der Waals surface area contributed by atoms with Crippen molar-refractivity contribution < 1.29 is 9.53 Å². The number of ether oxygens (including phenoxy) is 1. The summed E-state index contributed by atoms with van der Waals surface area (Å²) in [5.74, 6) is 0.446. The average molecular weight is 340 g/mol. The van der Waals surface area contributed by atoms with Gasteiger partial charge in [0.1, 0.15) is 0 Å². The number of urea groups is 1. The minimum absolute atomic E-state index is 0.00327. The molecule has 6 heteroatoms. The fraction of sp³-hybridized carbons (Fsp3) is 0.474. The van der Waals surface area contributed by atoms with Crippen molar-refractivity contribution >= 4 is 6.03 Å². The Morgan fingerprint density at radius 3 is 2.96 bits per heavy atom. The normalized spacial score (nSPS) is 26.6. The summed E-state index contributed by atoms with van der Waals surface area (Å²) < 4.78 is 7.58. The first kappa shape index (κ1) is 16.1. The smallest absolute Gasteiger partial charge is 0.315 e. The Hall–Kier alpha value is -2.34. The van der Waals surface area contributed by atoms with E-state index in [0.29, 0.717) is 12.5 Å². The van der Waals surface area contributed by atoms with Gasteiger partial charge in [0.15, 0.2) is 0 Å². The van der Waals surface area contributed by atoms with Crippen molar-refractivity contribution in [1.82, 2.24) is 20.4 Å². The largest absolute Gasteiger partial charge is 0.377 e. The third kappa shape index (κ3) is 2.91. The van der Waals surface area contributed by atoms with Gasteiger partial charge < -0.3 is 15.4 Å². The van der Waals surface area contributed by atoms with E-state index in [1.54, 1.807) is 6.20 Å². The number of carbonyl (C=O) groups excluding carboxylic acids is 1. The van der Waals surface area contributed by atoms with E-state index in [1.807, 2.05) is 41.2 Å². The van der Waals surface area contributed by atoms with Crippen LogP contribution in [0, 0.1) is 11.3 Å². The molecule has 4 rings (SSSR count). The highest BCUT2D eigenvalue weighted by molar-refractivity contribution is 5.74. The molecule has 1 aromatic heterocycles. The second kappa shape index (κ2) is 6.19. The van der Waals surface area contributed by atoms with Crippen molar-refractivity contribution in [2.24, 2.45) is 11.3 Å². The molecular weight excluding hydrogens is 316 g/mol. The predicted molar refractivity (Wildman–Crippen MR) is 94.4 cm³/mol. The summed E-state index contributed by atoms with van der Waals surface area (Å²) in [5, 5.41) is 10.4. The minimum Gasteiger partial charge on any atom is -0.377 e. The fourth-order valence-electron chi connectivity index (χ4n) is 4.17. The first-order chi connectivity index (χ1) is 12.1. The van der Waals surface area contributed by atoms with Crippen LogP contribution in [-0.2, 0) is 11.3 Å². The van der Waals surface area contributed by atoms with Crippen molar-refractivity contribution in [3.8, 4) is 5.69 Å². The molecule has 1 saturated carbocycles. The number of para-hydroxylation sites is 1. The van der Waals surface area contributed by atoms with Crippen LogP contribution in [0.4, 0.5) is 4.79 Å². The van der Waals surface area contributed by atoms with Gasteiger partial charge in [0.05, 0.1) is 18.0 Å². The van der Waals surface area contributed by atoms with E-state index in [4.69, 9.17) is 4.74 Å². The summed E-state index contributed by atoms with van der Waals surface area (Å²) in [6.45, 7) is 5.58. The Balaban J connectivity index is 1.32. The van der Waals surface area contributed by atoms with Gasteiger partial charge >= 0.3 is 6.03 Å². The van der Waals surface area contributed by atoms with Crippen molar-refractivity contribution in [2.75, 3.05) is 6.61 Å². The molecule has 2 heterocycles. The number of fused-ring (bicyclic) bond motifs is 1. The molecule has 1 aliphatic carbocycles. The maximum atomic E-state index is 12.3. The number of carbonyl (C=O) groups is 1. The van der Waals surface area contributed by atoms with Crippen molar-refractivity contribution in [1.29, 1.82) is 0 Å². The van der Waals surface area contributed by atoms with Gasteiger partial charge in [-0.25, -0.2) is 9.48 Å². The molecule has 0 unspecified atom stereocenters. The van der Waals surface area contributed by atoms with E-state index in [2.05, 4.69) is 29.6 Å². The standard InChI is InChI=1S/C19H24N4O2/c1-19(2)16(15-8-9-25-17(15)19)22-18(24)20-10-13-11-21-23(12-13)14-6-4-3-5-7-14/h3-7,11-12,15-17H,8-10H2,1-2H3,(H2,20,22,24)/t15-,16+,17-/m0/s1. The van der Waals surface area contributed by atoms with Gasteiger partial charge in [0.25, 0.3) is 0 Å². The minimum atomic E-state index is -0.129. The second-order valence-corrected chi connectivity index (χ2v) is 7.50. The lowest BCUT2D eigenvalue weighted by Gasteiger charge is -2.54. The Morgan fingerprint density at radius 1 is 1.36 bits per heavy atom. The SMILES string of the molecule is CC1(C)[C@H](NC(=O)NCc2cnn(-c3ccccc3)c2)[C@@H]2CCO[C@@H]21. The van der Waals surface area contributed by atoms with E-state index >= 15 is 0 Å². The lowest BCUT2D eigenvalue weighted by Crippen LogP contribution is -2.67. The zero-order chi connectivity index (χ0) is 17.4.